The summed E-state index contributed by atoms with van der Waals surface area (Å²) in [4.78, 5) is 0. The lowest BCUT2D eigenvalue weighted by atomic mass is 10.1. The molecule has 2 N–H and O–H groups in total. The highest BCUT2D eigenvalue weighted by atomic mass is 14.9. The number of aromatic nitrogens is 1. The summed E-state index contributed by atoms with van der Waals surface area (Å²) in [5.74, 6) is 0.720. The molecule has 0 bridgehead atoms. The van der Waals surface area contributed by atoms with Crippen molar-refractivity contribution in [3.8, 4) is 0 Å². The van der Waals surface area contributed by atoms with Crippen molar-refractivity contribution in [1.29, 1.82) is 0 Å². The van der Waals surface area contributed by atoms with Crippen LogP contribution in [0.4, 0.5) is 0 Å². The molecule has 1 saturated carbocycles. The van der Waals surface area contributed by atoms with Crippen molar-refractivity contribution in [2.75, 3.05) is 0 Å². The third-order valence-corrected chi connectivity index (χ3v) is 3.93. The summed E-state index contributed by atoms with van der Waals surface area (Å²) in [5.41, 5.74) is 11.5. The number of hydrogen-bond donors (Lipinski definition) is 1. The van der Waals surface area contributed by atoms with E-state index in [0.29, 0.717) is 0 Å². The van der Waals surface area contributed by atoms with Gasteiger partial charge in [0.15, 0.2) is 0 Å². The minimum absolute atomic E-state index is 0.237. The van der Waals surface area contributed by atoms with E-state index in [1.165, 1.54) is 35.1 Å². The number of rotatable bonds is 4. The van der Waals surface area contributed by atoms with Gasteiger partial charge in [-0.05, 0) is 49.8 Å². The molecule has 2 heteroatoms. The van der Waals surface area contributed by atoms with E-state index in [1.54, 1.807) is 0 Å². The van der Waals surface area contributed by atoms with Crippen LogP contribution >= 0.6 is 0 Å². The van der Waals surface area contributed by atoms with E-state index < -0.39 is 0 Å². The van der Waals surface area contributed by atoms with Gasteiger partial charge in [0.2, 0.25) is 0 Å². The highest BCUT2D eigenvalue weighted by Crippen LogP contribution is 2.39. The minimum Gasteiger partial charge on any atom is -0.350 e. The monoisotopic (exact) mass is 254 g/mol. The van der Waals surface area contributed by atoms with Crippen molar-refractivity contribution in [3.63, 3.8) is 0 Å². The second-order valence-corrected chi connectivity index (χ2v) is 5.98. The van der Waals surface area contributed by atoms with E-state index in [1.807, 2.05) is 0 Å². The molecule has 1 aliphatic carbocycles. The van der Waals surface area contributed by atoms with E-state index >= 15 is 0 Å². The molecule has 2 nitrogen and oxygen atoms in total. The maximum Gasteiger partial charge on any atom is 0.0470 e. The zero-order valence-corrected chi connectivity index (χ0v) is 11.8. The summed E-state index contributed by atoms with van der Waals surface area (Å²) in [6.07, 6.45) is 6.95. The summed E-state index contributed by atoms with van der Waals surface area (Å²) < 4.78 is 2.24. The molecule has 0 amide bonds. The molecule has 0 radical (unpaired) electrons. The van der Waals surface area contributed by atoms with Gasteiger partial charge in [-0.2, -0.15) is 0 Å². The number of aryl methyl sites for hydroxylation is 2. The van der Waals surface area contributed by atoms with Gasteiger partial charge < -0.3 is 10.3 Å². The van der Waals surface area contributed by atoms with Crippen molar-refractivity contribution in [3.05, 3.63) is 58.9 Å². The fraction of sp³-hybridized carbons (Fsp3) is 0.412. The van der Waals surface area contributed by atoms with E-state index in [0.717, 1.165) is 12.5 Å². The first-order chi connectivity index (χ1) is 9.11. The largest absolute Gasteiger partial charge is 0.350 e. The summed E-state index contributed by atoms with van der Waals surface area (Å²) in [6, 6.07) is 9.14. The van der Waals surface area contributed by atoms with Gasteiger partial charge in [0, 0.05) is 25.0 Å². The van der Waals surface area contributed by atoms with Gasteiger partial charge in [-0.1, -0.05) is 29.3 Å². The number of benzene rings is 1. The van der Waals surface area contributed by atoms with Gasteiger partial charge in [-0.15, -0.1) is 0 Å². The molecule has 0 aliphatic heterocycles. The van der Waals surface area contributed by atoms with Crippen LogP contribution in [0.5, 0.6) is 0 Å². The van der Waals surface area contributed by atoms with Crippen LogP contribution in [0.25, 0.3) is 0 Å². The van der Waals surface area contributed by atoms with E-state index in [-0.39, 0.29) is 6.04 Å². The van der Waals surface area contributed by atoms with Gasteiger partial charge in [0.1, 0.15) is 0 Å². The Morgan fingerprint density at radius 3 is 2.53 bits per heavy atom. The van der Waals surface area contributed by atoms with Gasteiger partial charge in [-0.3, -0.25) is 0 Å². The Hall–Kier alpha value is -1.54. The molecule has 100 valence electrons. The first kappa shape index (κ1) is 12.5. The molecular formula is C17H22N2. The van der Waals surface area contributed by atoms with Crippen LogP contribution in [0, 0.1) is 19.8 Å². The van der Waals surface area contributed by atoms with E-state index in [9.17, 15) is 0 Å². The van der Waals surface area contributed by atoms with E-state index in [2.05, 4.69) is 55.1 Å². The Labute approximate surface area is 115 Å². The second kappa shape index (κ2) is 4.86. The van der Waals surface area contributed by atoms with Gasteiger partial charge in [0.05, 0.1) is 0 Å². The number of hydrogen-bond acceptors (Lipinski definition) is 1. The Morgan fingerprint density at radius 1 is 1.21 bits per heavy atom. The Balaban J connectivity index is 1.75. The predicted molar refractivity (Wildman–Crippen MR) is 79.1 cm³/mol. The Bertz CT molecular complexity index is 558. The average molecular weight is 254 g/mol. The maximum atomic E-state index is 6.24. The molecule has 19 heavy (non-hydrogen) atoms. The molecule has 1 heterocycles. The van der Waals surface area contributed by atoms with Gasteiger partial charge >= 0.3 is 0 Å². The molecule has 3 rings (SSSR count). The summed E-state index contributed by atoms with van der Waals surface area (Å²) in [5, 5.41) is 0. The topological polar surface area (TPSA) is 30.9 Å². The van der Waals surface area contributed by atoms with Gasteiger partial charge in [0.25, 0.3) is 0 Å². The Kier molecular flexibility index (Phi) is 3.19. The lowest BCUT2D eigenvalue weighted by Crippen LogP contribution is -2.11. The molecule has 0 spiro atoms. The summed E-state index contributed by atoms with van der Waals surface area (Å²) in [7, 11) is 0. The fourth-order valence-electron chi connectivity index (χ4n) is 2.85. The van der Waals surface area contributed by atoms with Crippen molar-refractivity contribution >= 4 is 0 Å². The van der Waals surface area contributed by atoms with Crippen LogP contribution in [-0.2, 0) is 6.54 Å². The zero-order chi connectivity index (χ0) is 13.4. The third-order valence-electron chi connectivity index (χ3n) is 3.93. The first-order valence-corrected chi connectivity index (χ1v) is 7.10. The predicted octanol–water partition coefficient (Wildman–Crippen LogP) is 3.56. The zero-order valence-electron chi connectivity index (χ0n) is 11.8. The summed E-state index contributed by atoms with van der Waals surface area (Å²) >= 11 is 0. The highest BCUT2D eigenvalue weighted by Gasteiger charge is 2.29. The molecule has 1 atom stereocenters. The molecule has 1 aromatic heterocycles. The van der Waals surface area contributed by atoms with Crippen molar-refractivity contribution < 1.29 is 0 Å². The SMILES string of the molecule is Cc1cc(C)cc(Cn2ccc(C(N)C3CC3)c2)c1. The normalized spacial score (nSPS) is 16.6. The first-order valence-electron chi connectivity index (χ1n) is 7.10. The molecular weight excluding hydrogens is 232 g/mol. The van der Waals surface area contributed by atoms with Crippen LogP contribution < -0.4 is 5.73 Å². The molecule has 1 fully saturated rings. The average Bonchev–Trinajstić information content (AvgIpc) is 3.08. The highest BCUT2D eigenvalue weighted by molar-refractivity contribution is 5.29. The van der Waals surface area contributed by atoms with Crippen LogP contribution in [-0.4, -0.2) is 4.57 Å². The number of nitrogens with two attached hydrogens (primary N) is 1. The maximum absolute atomic E-state index is 6.24. The minimum atomic E-state index is 0.237. The fourth-order valence-corrected chi connectivity index (χ4v) is 2.85. The van der Waals surface area contributed by atoms with Crippen LogP contribution in [0.2, 0.25) is 0 Å². The molecule has 1 unspecified atom stereocenters. The summed E-state index contributed by atoms with van der Waals surface area (Å²) in [6.45, 7) is 5.24. The van der Waals surface area contributed by atoms with E-state index in [4.69, 9.17) is 5.73 Å². The lowest BCUT2D eigenvalue weighted by molar-refractivity contribution is 0.631. The lowest BCUT2D eigenvalue weighted by Gasteiger charge is -2.08. The van der Waals surface area contributed by atoms with Crippen LogP contribution in [0.1, 0.15) is 41.1 Å². The Morgan fingerprint density at radius 2 is 1.89 bits per heavy atom. The van der Waals surface area contributed by atoms with Gasteiger partial charge in [-0.25, -0.2) is 0 Å². The standard InChI is InChI=1S/C17H22N2/c1-12-7-13(2)9-14(8-12)10-19-6-5-16(11-19)17(18)15-3-4-15/h5-9,11,15,17H,3-4,10,18H2,1-2H3. The smallest absolute Gasteiger partial charge is 0.0470 e. The molecule has 0 saturated heterocycles. The molecule has 2 aromatic rings. The van der Waals surface area contributed by atoms with Crippen molar-refractivity contribution in [2.45, 2.75) is 39.3 Å². The molecule has 1 aromatic carbocycles. The molecule has 1 aliphatic rings. The van der Waals surface area contributed by atoms with Crippen molar-refractivity contribution in [2.24, 2.45) is 11.7 Å². The quantitative estimate of drug-likeness (QED) is 0.888. The van der Waals surface area contributed by atoms with Crippen LogP contribution in [0.15, 0.2) is 36.7 Å². The van der Waals surface area contributed by atoms with Crippen LogP contribution in [0.3, 0.4) is 0 Å². The second-order valence-electron chi connectivity index (χ2n) is 5.98. The number of nitrogens with zero attached hydrogens (tertiary/aromatic N) is 1. The van der Waals surface area contributed by atoms with Crippen molar-refractivity contribution in [1.82, 2.24) is 4.57 Å². The third kappa shape index (κ3) is 2.90.